The van der Waals surface area contributed by atoms with Crippen molar-refractivity contribution in [3.63, 3.8) is 0 Å². The highest BCUT2D eigenvalue weighted by Gasteiger charge is 2.26. The molecule has 0 heterocycles. The quantitative estimate of drug-likeness (QED) is 0.572. The molecule has 0 aromatic heterocycles. The Hall–Kier alpha value is -1.47. The van der Waals surface area contributed by atoms with E-state index in [1.165, 1.54) is 16.4 Å². The summed E-state index contributed by atoms with van der Waals surface area (Å²) < 4.78 is 26.5. The third kappa shape index (κ3) is 3.55. The number of non-ortho nitro benzene ring substituents is 1. The zero-order chi connectivity index (χ0) is 15.3. The predicted molar refractivity (Wildman–Crippen MR) is 77.2 cm³/mol. The van der Waals surface area contributed by atoms with Crippen molar-refractivity contribution in [1.29, 1.82) is 0 Å². The molecule has 0 N–H and O–H groups in total. The summed E-state index contributed by atoms with van der Waals surface area (Å²) in [7, 11) is -3.68. The van der Waals surface area contributed by atoms with Crippen LogP contribution in [0.25, 0.3) is 0 Å². The topological polar surface area (TPSA) is 80.5 Å². The average molecular weight is 300 g/mol. The van der Waals surface area contributed by atoms with Gasteiger partial charge in [0, 0.05) is 25.2 Å². The Morgan fingerprint density at radius 2 is 1.95 bits per heavy atom. The number of sulfonamides is 1. The minimum Gasteiger partial charge on any atom is -0.258 e. The van der Waals surface area contributed by atoms with Crippen molar-refractivity contribution in [1.82, 2.24) is 4.31 Å². The molecule has 1 aromatic carbocycles. The second-order valence-corrected chi connectivity index (χ2v) is 6.46. The van der Waals surface area contributed by atoms with Gasteiger partial charge in [-0.2, -0.15) is 4.31 Å². The van der Waals surface area contributed by atoms with Gasteiger partial charge in [-0.1, -0.05) is 26.3 Å². The molecule has 0 unspecified atom stereocenters. The maximum Gasteiger partial charge on any atom is 0.270 e. The second-order valence-electron chi connectivity index (χ2n) is 4.56. The summed E-state index contributed by atoms with van der Waals surface area (Å²) >= 11 is 0. The van der Waals surface area contributed by atoms with Crippen LogP contribution in [0.1, 0.15) is 32.3 Å². The average Bonchev–Trinajstić information content (AvgIpc) is 2.39. The van der Waals surface area contributed by atoms with E-state index in [1.54, 1.807) is 13.8 Å². The zero-order valence-corrected chi connectivity index (χ0v) is 12.8. The van der Waals surface area contributed by atoms with Crippen LogP contribution in [0.2, 0.25) is 0 Å². The molecule has 1 rings (SSSR count). The summed E-state index contributed by atoms with van der Waals surface area (Å²) in [6.45, 7) is 6.17. The first-order valence-electron chi connectivity index (χ1n) is 6.59. The van der Waals surface area contributed by atoms with Gasteiger partial charge in [-0.25, -0.2) is 8.42 Å². The van der Waals surface area contributed by atoms with Crippen LogP contribution < -0.4 is 0 Å². The number of benzene rings is 1. The Labute approximate surface area is 119 Å². The van der Waals surface area contributed by atoms with Gasteiger partial charge in [-0.3, -0.25) is 10.1 Å². The molecule has 20 heavy (non-hydrogen) atoms. The van der Waals surface area contributed by atoms with Crippen molar-refractivity contribution >= 4 is 15.7 Å². The van der Waals surface area contributed by atoms with Gasteiger partial charge in [0.1, 0.15) is 0 Å². The molecule has 112 valence electrons. The third-order valence-electron chi connectivity index (χ3n) is 3.11. The Morgan fingerprint density at radius 3 is 2.45 bits per heavy atom. The number of aryl methyl sites for hydroxylation is 1. The van der Waals surface area contributed by atoms with Crippen LogP contribution in [-0.4, -0.2) is 30.7 Å². The molecule has 0 aliphatic rings. The van der Waals surface area contributed by atoms with Gasteiger partial charge >= 0.3 is 0 Å². The van der Waals surface area contributed by atoms with E-state index >= 15 is 0 Å². The first-order valence-corrected chi connectivity index (χ1v) is 8.03. The van der Waals surface area contributed by atoms with Gasteiger partial charge < -0.3 is 0 Å². The van der Waals surface area contributed by atoms with Gasteiger partial charge in [-0.15, -0.1) is 0 Å². The van der Waals surface area contributed by atoms with E-state index in [0.29, 0.717) is 18.7 Å². The molecule has 1 aromatic rings. The molecule has 0 aliphatic heterocycles. The first kappa shape index (κ1) is 16.6. The molecule has 0 fully saturated rings. The monoisotopic (exact) mass is 300 g/mol. The first-order chi connectivity index (χ1) is 9.34. The molecule has 0 amide bonds. The largest absolute Gasteiger partial charge is 0.270 e. The van der Waals surface area contributed by atoms with Crippen LogP contribution in [0.15, 0.2) is 23.1 Å². The lowest BCUT2D eigenvalue weighted by Crippen LogP contribution is -2.32. The van der Waals surface area contributed by atoms with Gasteiger partial charge in [0.15, 0.2) is 0 Å². The summed E-state index contributed by atoms with van der Waals surface area (Å²) in [4.78, 5) is 10.2. The number of hydrogen-bond donors (Lipinski definition) is 0. The highest BCUT2D eigenvalue weighted by molar-refractivity contribution is 7.89. The molecule has 0 spiro atoms. The van der Waals surface area contributed by atoms with E-state index in [0.717, 1.165) is 18.9 Å². The molecule has 0 atom stereocenters. The molecule has 6 nitrogen and oxygen atoms in total. The van der Waals surface area contributed by atoms with E-state index in [-0.39, 0.29) is 10.6 Å². The Morgan fingerprint density at radius 1 is 1.30 bits per heavy atom. The van der Waals surface area contributed by atoms with Crippen molar-refractivity contribution < 1.29 is 13.3 Å². The van der Waals surface area contributed by atoms with E-state index in [1.807, 2.05) is 6.92 Å². The smallest absolute Gasteiger partial charge is 0.258 e. The Bertz CT molecular complexity index is 584. The zero-order valence-electron chi connectivity index (χ0n) is 12.0. The van der Waals surface area contributed by atoms with Crippen molar-refractivity contribution in [2.75, 3.05) is 13.1 Å². The van der Waals surface area contributed by atoms with Gasteiger partial charge in [0.2, 0.25) is 10.0 Å². The van der Waals surface area contributed by atoms with E-state index in [9.17, 15) is 18.5 Å². The standard InChI is InChI=1S/C13H20N2O4S/c1-4-6-9-14(5-2)20(18,19)13-10-12(15(16)17)8-7-11(13)3/h7-8,10H,4-6,9H2,1-3H3. The van der Waals surface area contributed by atoms with E-state index in [2.05, 4.69) is 0 Å². The third-order valence-corrected chi connectivity index (χ3v) is 5.23. The minimum absolute atomic E-state index is 0.0182. The SMILES string of the molecule is CCCCN(CC)S(=O)(=O)c1cc([N+](=O)[O-])ccc1C. The Kier molecular flexibility index (Phi) is 5.64. The van der Waals surface area contributed by atoms with E-state index in [4.69, 9.17) is 0 Å². The number of nitro benzene ring substituents is 1. The normalized spacial score (nSPS) is 11.8. The molecular weight excluding hydrogens is 280 g/mol. The predicted octanol–water partition coefficient (Wildman–Crippen LogP) is 2.71. The van der Waals surface area contributed by atoms with Crippen LogP contribution in [0.4, 0.5) is 5.69 Å². The van der Waals surface area contributed by atoms with Crippen molar-refractivity contribution in [3.05, 3.63) is 33.9 Å². The van der Waals surface area contributed by atoms with Gasteiger partial charge in [-0.05, 0) is 18.9 Å². The summed E-state index contributed by atoms with van der Waals surface area (Å²) in [5, 5.41) is 10.8. The van der Waals surface area contributed by atoms with Crippen LogP contribution in [0.3, 0.4) is 0 Å². The van der Waals surface area contributed by atoms with E-state index < -0.39 is 14.9 Å². The lowest BCUT2D eigenvalue weighted by atomic mass is 10.2. The molecule has 0 aliphatic carbocycles. The van der Waals surface area contributed by atoms with Gasteiger partial charge in [0.25, 0.3) is 5.69 Å². The highest BCUT2D eigenvalue weighted by Crippen LogP contribution is 2.24. The lowest BCUT2D eigenvalue weighted by molar-refractivity contribution is -0.385. The number of unbranched alkanes of at least 4 members (excludes halogenated alkanes) is 1. The summed E-state index contributed by atoms with van der Waals surface area (Å²) in [5.74, 6) is 0. The van der Waals surface area contributed by atoms with Crippen LogP contribution in [0, 0.1) is 17.0 Å². The molecule has 0 saturated heterocycles. The van der Waals surface area contributed by atoms with Crippen LogP contribution in [-0.2, 0) is 10.0 Å². The van der Waals surface area contributed by atoms with Crippen LogP contribution in [0.5, 0.6) is 0 Å². The van der Waals surface area contributed by atoms with Crippen molar-refractivity contribution in [2.45, 2.75) is 38.5 Å². The highest BCUT2D eigenvalue weighted by atomic mass is 32.2. The van der Waals surface area contributed by atoms with Crippen molar-refractivity contribution in [2.24, 2.45) is 0 Å². The fraction of sp³-hybridized carbons (Fsp3) is 0.538. The molecule has 0 saturated carbocycles. The Balaban J connectivity index is 3.26. The maximum atomic E-state index is 12.6. The lowest BCUT2D eigenvalue weighted by Gasteiger charge is -2.21. The fourth-order valence-electron chi connectivity index (χ4n) is 1.90. The fourth-order valence-corrected chi connectivity index (χ4v) is 3.63. The molecule has 0 radical (unpaired) electrons. The summed E-state index contributed by atoms with van der Waals surface area (Å²) in [5.41, 5.74) is 0.311. The number of nitrogens with zero attached hydrogens (tertiary/aromatic N) is 2. The number of rotatable bonds is 7. The maximum absolute atomic E-state index is 12.6. The minimum atomic E-state index is -3.68. The molecular formula is C13H20N2O4S. The number of hydrogen-bond acceptors (Lipinski definition) is 4. The van der Waals surface area contributed by atoms with Gasteiger partial charge in [0.05, 0.1) is 9.82 Å². The summed E-state index contributed by atoms with van der Waals surface area (Å²) in [6.07, 6.45) is 1.65. The number of nitro groups is 1. The molecule has 7 heteroatoms. The van der Waals surface area contributed by atoms with Crippen molar-refractivity contribution in [3.8, 4) is 0 Å². The summed E-state index contributed by atoms with van der Waals surface area (Å²) in [6, 6.07) is 3.93. The molecule has 0 bridgehead atoms. The van der Waals surface area contributed by atoms with Crippen LogP contribution >= 0.6 is 0 Å². The second kappa shape index (κ2) is 6.81.